The van der Waals surface area contributed by atoms with E-state index in [9.17, 15) is 4.79 Å². The van der Waals surface area contributed by atoms with Crippen LogP contribution in [0.15, 0.2) is 30.3 Å². The maximum atomic E-state index is 11.9. The summed E-state index contributed by atoms with van der Waals surface area (Å²) >= 11 is 0. The fourth-order valence-electron chi connectivity index (χ4n) is 2.26. The second kappa shape index (κ2) is 4.69. The Kier molecular flexibility index (Phi) is 3.28. The molecule has 0 aliphatic heterocycles. The average molecular weight is 218 g/mol. The number of carbonyl (C=O) groups excluding carboxylic acids is 1. The molecule has 1 fully saturated rings. The Hall–Kier alpha value is -1.31. The first-order chi connectivity index (χ1) is 7.70. The molecule has 1 saturated carbocycles. The average Bonchev–Trinajstić information content (AvgIpc) is 2.30. The molecule has 0 spiro atoms. The van der Waals surface area contributed by atoms with Crippen LogP contribution in [-0.4, -0.2) is 11.6 Å². The van der Waals surface area contributed by atoms with Gasteiger partial charge in [-0.15, -0.1) is 0 Å². The van der Waals surface area contributed by atoms with Crippen molar-refractivity contribution in [3.63, 3.8) is 0 Å². The van der Waals surface area contributed by atoms with Crippen molar-refractivity contribution in [2.75, 3.05) is 0 Å². The first-order valence-electron chi connectivity index (χ1n) is 5.98. The van der Waals surface area contributed by atoms with E-state index in [1.54, 1.807) is 12.1 Å². The van der Waals surface area contributed by atoms with Gasteiger partial charge in [0.05, 0.1) is 5.56 Å². The highest BCUT2D eigenvalue weighted by Crippen LogP contribution is 2.31. The van der Waals surface area contributed by atoms with Crippen molar-refractivity contribution in [3.05, 3.63) is 35.9 Å². The lowest BCUT2D eigenvalue weighted by Crippen LogP contribution is -2.33. The highest BCUT2D eigenvalue weighted by atomic mass is 16.6. The number of benzene rings is 1. The van der Waals surface area contributed by atoms with Gasteiger partial charge in [-0.1, -0.05) is 24.6 Å². The van der Waals surface area contributed by atoms with Crippen molar-refractivity contribution in [1.82, 2.24) is 0 Å². The zero-order valence-corrected chi connectivity index (χ0v) is 9.74. The summed E-state index contributed by atoms with van der Waals surface area (Å²) in [5.74, 6) is -0.190. The third-order valence-electron chi connectivity index (χ3n) is 3.26. The Bertz CT molecular complexity index is 350. The standard InChI is InChI=1S/C14H18O2/c1-14(10-6-3-7-11-14)16-13(15)12-8-4-2-5-9-12/h2,4-5,8-9H,3,6-7,10-11H2,1H3. The van der Waals surface area contributed by atoms with Crippen LogP contribution in [0.2, 0.25) is 0 Å². The van der Waals surface area contributed by atoms with Crippen LogP contribution in [-0.2, 0) is 4.74 Å². The summed E-state index contributed by atoms with van der Waals surface area (Å²) in [6.07, 6.45) is 5.58. The van der Waals surface area contributed by atoms with Gasteiger partial charge < -0.3 is 4.74 Å². The van der Waals surface area contributed by atoms with Crippen LogP contribution in [0.25, 0.3) is 0 Å². The van der Waals surface area contributed by atoms with E-state index in [-0.39, 0.29) is 11.6 Å². The van der Waals surface area contributed by atoms with Gasteiger partial charge in [0.25, 0.3) is 0 Å². The van der Waals surface area contributed by atoms with Crippen LogP contribution in [0.3, 0.4) is 0 Å². The van der Waals surface area contributed by atoms with E-state index in [1.165, 1.54) is 19.3 Å². The molecule has 0 atom stereocenters. The molecule has 0 bridgehead atoms. The zero-order chi connectivity index (χ0) is 11.4. The van der Waals surface area contributed by atoms with Gasteiger partial charge in [-0.25, -0.2) is 4.79 Å². The van der Waals surface area contributed by atoms with Crippen LogP contribution in [0.5, 0.6) is 0 Å². The number of hydrogen-bond donors (Lipinski definition) is 0. The Morgan fingerprint density at radius 1 is 1.12 bits per heavy atom. The molecule has 1 aliphatic rings. The fourth-order valence-corrected chi connectivity index (χ4v) is 2.26. The minimum absolute atomic E-state index is 0.190. The van der Waals surface area contributed by atoms with Crippen molar-refractivity contribution in [3.8, 4) is 0 Å². The van der Waals surface area contributed by atoms with E-state index in [0.717, 1.165) is 12.8 Å². The van der Waals surface area contributed by atoms with Crippen LogP contribution >= 0.6 is 0 Å². The predicted octanol–water partition coefficient (Wildman–Crippen LogP) is 3.57. The van der Waals surface area contributed by atoms with Crippen molar-refractivity contribution in [2.24, 2.45) is 0 Å². The number of carbonyl (C=O) groups is 1. The fraction of sp³-hybridized carbons (Fsp3) is 0.500. The molecular formula is C14H18O2. The third kappa shape index (κ3) is 2.63. The molecule has 2 nitrogen and oxygen atoms in total. The predicted molar refractivity (Wildman–Crippen MR) is 63.3 cm³/mol. The van der Waals surface area contributed by atoms with Gasteiger partial charge in [0, 0.05) is 0 Å². The Morgan fingerprint density at radius 3 is 2.38 bits per heavy atom. The first kappa shape index (κ1) is 11.2. The molecule has 0 amide bonds. The number of esters is 1. The van der Waals surface area contributed by atoms with Crippen LogP contribution in [0.1, 0.15) is 49.4 Å². The summed E-state index contributed by atoms with van der Waals surface area (Å²) < 4.78 is 5.63. The Morgan fingerprint density at radius 2 is 1.75 bits per heavy atom. The largest absolute Gasteiger partial charge is 0.456 e. The summed E-state index contributed by atoms with van der Waals surface area (Å²) in [5.41, 5.74) is 0.403. The van der Waals surface area contributed by atoms with Gasteiger partial charge >= 0.3 is 5.97 Å². The molecule has 1 aliphatic carbocycles. The van der Waals surface area contributed by atoms with Gasteiger partial charge in [0.1, 0.15) is 5.60 Å². The molecule has 2 heteroatoms. The molecule has 1 aromatic rings. The molecule has 0 unspecified atom stereocenters. The van der Waals surface area contributed by atoms with Crippen LogP contribution in [0.4, 0.5) is 0 Å². The number of ether oxygens (including phenoxy) is 1. The topological polar surface area (TPSA) is 26.3 Å². The molecule has 0 N–H and O–H groups in total. The van der Waals surface area contributed by atoms with Crippen LogP contribution in [0, 0.1) is 0 Å². The zero-order valence-electron chi connectivity index (χ0n) is 9.74. The molecule has 16 heavy (non-hydrogen) atoms. The van der Waals surface area contributed by atoms with E-state index in [0.29, 0.717) is 5.56 Å². The van der Waals surface area contributed by atoms with Crippen molar-refractivity contribution < 1.29 is 9.53 Å². The summed E-state index contributed by atoms with van der Waals surface area (Å²) in [7, 11) is 0. The molecule has 0 heterocycles. The monoisotopic (exact) mass is 218 g/mol. The lowest BCUT2D eigenvalue weighted by atomic mass is 9.86. The maximum absolute atomic E-state index is 11.9. The SMILES string of the molecule is CC1(OC(=O)c2ccccc2)CCCCC1. The lowest BCUT2D eigenvalue weighted by molar-refractivity contribution is -0.0269. The van der Waals surface area contributed by atoms with E-state index in [2.05, 4.69) is 0 Å². The molecular weight excluding hydrogens is 200 g/mol. The van der Waals surface area contributed by atoms with Gasteiger partial charge in [-0.2, -0.15) is 0 Å². The first-order valence-corrected chi connectivity index (χ1v) is 5.98. The van der Waals surface area contributed by atoms with E-state index in [4.69, 9.17) is 4.74 Å². The molecule has 0 radical (unpaired) electrons. The van der Waals surface area contributed by atoms with Gasteiger partial charge in [-0.3, -0.25) is 0 Å². The van der Waals surface area contributed by atoms with Crippen molar-refractivity contribution >= 4 is 5.97 Å². The normalized spacial score (nSPS) is 19.1. The van der Waals surface area contributed by atoms with Gasteiger partial charge in [-0.05, 0) is 44.7 Å². The Balaban J connectivity index is 2.01. The summed E-state index contributed by atoms with van der Waals surface area (Å²) in [6.45, 7) is 2.05. The van der Waals surface area contributed by atoms with Crippen molar-refractivity contribution in [1.29, 1.82) is 0 Å². The smallest absolute Gasteiger partial charge is 0.338 e. The quantitative estimate of drug-likeness (QED) is 0.709. The number of rotatable bonds is 2. The highest BCUT2D eigenvalue weighted by molar-refractivity contribution is 5.89. The molecule has 0 saturated heterocycles. The lowest BCUT2D eigenvalue weighted by Gasteiger charge is -2.33. The van der Waals surface area contributed by atoms with Gasteiger partial charge in [0.15, 0.2) is 0 Å². The minimum atomic E-state index is -0.245. The minimum Gasteiger partial charge on any atom is -0.456 e. The molecule has 1 aromatic carbocycles. The second-order valence-corrected chi connectivity index (χ2v) is 4.77. The summed E-state index contributed by atoms with van der Waals surface area (Å²) in [5, 5.41) is 0. The summed E-state index contributed by atoms with van der Waals surface area (Å²) in [6, 6.07) is 9.22. The van der Waals surface area contributed by atoms with E-state index in [1.807, 2.05) is 25.1 Å². The third-order valence-corrected chi connectivity index (χ3v) is 3.26. The van der Waals surface area contributed by atoms with Gasteiger partial charge in [0.2, 0.25) is 0 Å². The Labute approximate surface area is 96.6 Å². The van der Waals surface area contributed by atoms with Crippen LogP contribution < -0.4 is 0 Å². The highest BCUT2D eigenvalue weighted by Gasteiger charge is 2.30. The molecule has 0 aromatic heterocycles. The maximum Gasteiger partial charge on any atom is 0.338 e. The van der Waals surface area contributed by atoms with Crippen molar-refractivity contribution in [2.45, 2.75) is 44.6 Å². The van der Waals surface area contributed by atoms with E-state index < -0.39 is 0 Å². The number of hydrogen-bond acceptors (Lipinski definition) is 2. The second-order valence-electron chi connectivity index (χ2n) is 4.77. The molecule has 2 rings (SSSR count). The molecule has 86 valence electrons. The van der Waals surface area contributed by atoms with E-state index >= 15 is 0 Å². The summed E-state index contributed by atoms with van der Waals surface area (Å²) in [4.78, 5) is 11.9.